The quantitative estimate of drug-likeness (QED) is 0.806. The predicted octanol–water partition coefficient (Wildman–Crippen LogP) is 0.780. The van der Waals surface area contributed by atoms with Crippen LogP contribution in [0.1, 0.15) is 52.9 Å². The van der Waals surface area contributed by atoms with Gasteiger partial charge in [0.15, 0.2) is 5.82 Å². The van der Waals surface area contributed by atoms with Gasteiger partial charge < -0.3 is 15.2 Å². The van der Waals surface area contributed by atoms with Crippen molar-refractivity contribution < 1.29 is 9.59 Å². The van der Waals surface area contributed by atoms with Gasteiger partial charge in [0.1, 0.15) is 11.9 Å². The van der Waals surface area contributed by atoms with Crippen molar-refractivity contribution in [3.05, 3.63) is 12.2 Å². The zero-order chi connectivity index (χ0) is 15.3. The maximum absolute atomic E-state index is 12.2. The first-order valence-electron chi connectivity index (χ1n) is 6.75. The second kappa shape index (κ2) is 6.49. The van der Waals surface area contributed by atoms with E-state index in [9.17, 15) is 9.59 Å². The Balaban J connectivity index is 2.74. The summed E-state index contributed by atoms with van der Waals surface area (Å²) in [4.78, 5) is 23.3. The smallest absolute Gasteiger partial charge is 0.245 e. The number of aromatic nitrogens is 3. The average molecular weight is 281 g/mol. The number of carbonyl (C=O) groups excluding carboxylic acids is 2. The van der Waals surface area contributed by atoms with Gasteiger partial charge in [0.2, 0.25) is 11.8 Å². The van der Waals surface area contributed by atoms with Crippen molar-refractivity contribution in [3.63, 3.8) is 0 Å². The van der Waals surface area contributed by atoms with Crippen LogP contribution in [0.25, 0.3) is 0 Å². The summed E-state index contributed by atoms with van der Waals surface area (Å²) in [6.07, 6.45) is 2.61. The third kappa shape index (κ3) is 4.04. The summed E-state index contributed by atoms with van der Waals surface area (Å²) in [5.41, 5.74) is -0.963. The Morgan fingerprint density at radius 3 is 2.65 bits per heavy atom. The number of nitrogens with one attached hydrogen (secondary N) is 2. The Labute approximate surface area is 119 Å². The fraction of sp³-hybridized carbons (Fsp3) is 0.692. The molecule has 0 unspecified atom stereocenters. The zero-order valence-corrected chi connectivity index (χ0v) is 12.7. The lowest BCUT2D eigenvalue weighted by Crippen LogP contribution is -2.54. The van der Waals surface area contributed by atoms with Gasteiger partial charge in [-0.05, 0) is 27.2 Å². The summed E-state index contributed by atoms with van der Waals surface area (Å²) in [5.74, 6) is 0.206. The molecule has 1 atom stereocenters. The van der Waals surface area contributed by atoms with E-state index in [4.69, 9.17) is 0 Å². The standard InChI is InChI=1S/C13H23N5O2/c1-6-7-18-8-14-17-11(18)9(2)15-12(20)13(4,5)16-10(3)19/h8-9H,6-7H2,1-5H3,(H,15,20)(H,16,19)/t9-/m1/s1. The number of carbonyl (C=O) groups is 2. The lowest BCUT2D eigenvalue weighted by Gasteiger charge is -2.26. The Kier molecular flexibility index (Phi) is 5.24. The maximum Gasteiger partial charge on any atom is 0.245 e. The molecular weight excluding hydrogens is 258 g/mol. The first-order chi connectivity index (χ1) is 9.27. The van der Waals surface area contributed by atoms with Gasteiger partial charge in [0.05, 0.1) is 6.04 Å². The van der Waals surface area contributed by atoms with Crippen LogP contribution in [0, 0.1) is 0 Å². The molecule has 1 heterocycles. The van der Waals surface area contributed by atoms with Crippen LogP contribution in [0.4, 0.5) is 0 Å². The summed E-state index contributed by atoms with van der Waals surface area (Å²) in [6, 6.07) is -0.274. The van der Waals surface area contributed by atoms with Crippen molar-refractivity contribution in [1.82, 2.24) is 25.4 Å². The molecule has 1 aromatic rings. The Bertz CT molecular complexity index is 481. The highest BCUT2D eigenvalue weighted by atomic mass is 16.2. The minimum absolute atomic E-state index is 0.244. The van der Waals surface area contributed by atoms with Crippen LogP contribution in [0.5, 0.6) is 0 Å². The molecule has 0 saturated carbocycles. The van der Waals surface area contributed by atoms with Crippen LogP contribution in [-0.4, -0.2) is 32.1 Å². The largest absolute Gasteiger partial charge is 0.344 e. The number of nitrogens with zero attached hydrogens (tertiary/aromatic N) is 3. The lowest BCUT2D eigenvalue weighted by atomic mass is 10.0. The minimum Gasteiger partial charge on any atom is -0.344 e. The number of rotatable bonds is 6. The molecule has 0 aromatic carbocycles. The molecule has 0 bridgehead atoms. The van der Waals surface area contributed by atoms with E-state index in [1.807, 2.05) is 11.5 Å². The van der Waals surface area contributed by atoms with Gasteiger partial charge in [-0.3, -0.25) is 9.59 Å². The van der Waals surface area contributed by atoms with E-state index in [0.717, 1.165) is 13.0 Å². The summed E-state index contributed by atoms with van der Waals surface area (Å²) < 4.78 is 1.91. The van der Waals surface area contributed by atoms with E-state index >= 15 is 0 Å². The van der Waals surface area contributed by atoms with Gasteiger partial charge in [0.25, 0.3) is 0 Å². The van der Waals surface area contributed by atoms with E-state index in [0.29, 0.717) is 5.82 Å². The molecule has 2 amide bonds. The topological polar surface area (TPSA) is 88.9 Å². The van der Waals surface area contributed by atoms with Gasteiger partial charge >= 0.3 is 0 Å². The van der Waals surface area contributed by atoms with E-state index < -0.39 is 5.54 Å². The van der Waals surface area contributed by atoms with Crippen LogP contribution >= 0.6 is 0 Å². The van der Waals surface area contributed by atoms with Gasteiger partial charge in [-0.15, -0.1) is 10.2 Å². The minimum atomic E-state index is -0.963. The Morgan fingerprint density at radius 2 is 2.10 bits per heavy atom. The second-order valence-corrected chi connectivity index (χ2v) is 5.38. The molecule has 0 aliphatic rings. The van der Waals surface area contributed by atoms with E-state index in [1.54, 1.807) is 20.2 Å². The fourth-order valence-electron chi connectivity index (χ4n) is 1.95. The third-order valence-electron chi connectivity index (χ3n) is 2.90. The first kappa shape index (κ1) is 16.1. The molecule has 112 valence electrons. The third-order valence-corrected chi connectivity index (χ3v) is 2.90. The van der Waals surface area contributed by atoms with Crippen molar-refractivity contribution in [3.8, 4) is 0 Å². The van der Waals surface area contributed by atoms with Crippen molar-refractivity contribution in [2.75, 3.05) is 0 Å². The monoisotopic (exact) mass is 281 g/mol. The number of amides is 2. The Hall–Kier alpha value is -1.92. The van der Waals surface area contributed by atoms with E-state index in [-0.39, 0.29) is 17.9 Å². The molecule has 0 spiro atoms. The van der Waals surface area contributed by atoms with Crippen molar-refractivity contribution >= 4 is 11.8 Å². The highest BCUT2D eigenvalue weighted by molar-refractivity contribution is 5.90. The number of hydrogen-bond acceptors (Lipinski definition) is 4. The van der Waals surface area contributed by atoms with E-state index in [2.05, 4.69) is 27.8 Å². The molecule has 1 aromatic heterocycles. The molecule has 7 heteroatoms. The summed E-state index contributed by atoms with van der Waals surface area (Å²) >= 11 is 0. The molecular formula is C13H23N5O2. The second-order valence-electron chi connectivity index (χ2n) is 5.38. The van der Waals surface area contributed by atoms with Crippen LogP contribution < -0.4 is 10.6 Å². The van der Waals surface area contributed by atoms with Crippen LogP contribution in [-0.2, 0) is 16.1 Å². The maximum atomic E-state index is 12.2. The highest BCUT2D eigenvalue weighted by Gasteiger charge is 2.30. The molecule has 0 saturated heterocycles. The number of hydrogen-bond donors (Lipinski definition) is 2. The molecule has 20 heavy (non-hydrogen) atoms. The molecule has 2 N–H and O–H groups in total. The normalized spacial score (nSPS) is 12.8. The SMILES string of the molecule is CCCn1cnnc1[C@@H](C)NC(=O)C(C)(C)NC(C)=O. The van der Waals surface area contributed by atoms with Gasteiger partial charge in [-0.25, -0.2) is 0 Å². The molecule has 0 radical (unpaired) electrons. The summed E-state index contributed by atoms with van der Waals surface area (Å²) in [5, 5.41) is 13.4. The Morgan fingerprint density at radius 1 is 1.45 bits per heavy atom. The first-order valence-corrected chi connectivity index (χ1v) is 6.75. The highest BCUT2D eigenvalue weighted by Crippen LogP contribution is 2.12. The van der Waals surface area contributed by atoms with Gasteiger partial charge in [-0.2, -0.15) is 0 Å². The predicted molar refractivity (Wildman–Crippen MR) is 74.8 cm³/mol. The molecule has 0 aliphatic heterocycles. The van der Waals surface area contributed by atoms with Crippen molar-refractivity contribution in [2.45, 2.75) is 59.2 Å². The molecule has 7 nitrogen and oxygen atoms in total. The lowest BCUT2D eigenvalue weighted by molar-refractivity contribution is -0.132. The van der Waals surface area contributed by atoms with Gasteiger partial charge in [-0.1, -0.05) is 6.92 Å². The van der Waals surface area contributed by atoms with Crippen molar-refractivity contribution in [1.29, 1.82) is 0 Å². The molecule has 0 fully saturated rings. The van der Waals surface area contributed by atoms with E-state index in [1.165, 1.54) is 6.92 Å². The van der Waals surface area contributed by atoms with Crippen LogP contribution in [0.15, 0.2) is 6.33 Å². The summed E-state index contributed by atoms with van der Waals surface area (Å²) in [7, 11) is 0. The number of aryl methyl sites for hydroxylation is 1. The van der Waals surface area contributed by atoms with Crippen LogP contribution in [0.3, 0.4) is 0 Å². The zero-order valence-electron chi connectivity index (χ0n) is 12.7. The van der Waals surface area contributed by atoms with Crippen LogP contribution in [0.2, 0.25) is 0 Å². The fourth-order valence-corrected chi connectivity index (χ4v) is 1.95. The van der Waals surface area contributed by atoms with Gasteiger partial charge in [0, 0.05) is 13.5 Å². The molecule has 0 aliphatic carbocycles. The average Bonchev–Trinajstić information content (AvgIpc) is 2.75. The summed E-state index contributed by atoms with van der Waals surface area (Å²) in [6.45, 7) is 9.42. The van der Waals surface area contributed by atoms with Crippen molar-refractivity contribution in [2.24, 2.45) is 0 Å². The molecule has 1 rings (SSSR count).